The SMILES string of the molecule is Cc1nc2nc(NC(=O)C3CC3(F)F)cc(Nc3ccc([C@H]4CCCCO4)cc3S(C)=O)c2[nH]1. The Hall–Kier alpha value is -2.92. The van der Waals surface area contributed by atoms with E-state index in [0.717, 1.165) is 24.8 Å². The maximum atomic E-state index is 13.3. The van der Waals surface area contributed by atoms with Gasteiger partial charge in [-0.15, -0.1) is 0 Å². The van der Waals surface area contributed by atoms with Gasteiger partial charge in [0.15, 0.2) is 5.65 Å². The average Bonchev–Trinajstić information content (AvgIpc) is 3.27. The highest BCUT2D eigenvalue weighted by Gasteiger charge is 2.61. The number of aromatic amines is 1. The van der Waals surface area contributed by atoms with Crippen molar-refractivity contribution in [2.24, 2.45) is 5.92 Å². The van der Waals surface area contributed by atoms with Gasteiger partial charge in [0.2, 0.25) is 5.91 Å². The minimum atomic E-state index is -2.97. The first-order valence-corrected chi connectivity index (χ1v) is 12.7. The Bertz CT molecular complexity index is 1290. The number of H-pyrrole nitrogens is 1. The number of aromatic nitrogens is 3. The third-order valence-corrected chi connectivity index (χ3v) is 7.07. The number of anilines is 3. The summed E-state index contributed by atoms with van der Waals surface area (Å²) < 4.78 is 45.1. The third kappa shape index (κ3) is 4.54. The average molecular weight is 490 g/mol. The first kappa shape index (κ1) is 22.9. The van der Waals surface area contributed by atoms with E-state index in [2.05, 4.69) is 25.6 Å². The molecule has 1 saturated heterocycles. The topological polar surface area (TPSA) is 109 Å². The first-order valence-electron chi connectivity index (χ1n) is 11.1. The molecule has 2 aliphatic rings. The van der Waals surface area contributed by atoms with Crippen LogP contribution in [-0.4, -0.2) is 43.9 Å². The van der Waals surface area contributed by atoms with E-state index in [4.69, 9.17) is 4.74 Å². The van der Waals surface area contributed by atoms with Crippen molar-refractivity contribution in [3.8, 4) is 0 Å². The summed E-state index contributed by atoms with van der Waals surface area (Å²) in [5.41, 5.74) is 3.03. The zero-order valence-electron chi connectivity index (χ0n) is 18.8. The highest BCUT2D eigenvalue weighted by Crippen LogP contribution is 2.49. The van der Waals surface area contributed by atoms with Gasteiger partial charge < -0.3 is 20.4 Å². The van der Waals surface area contributed by atoms with Crippen molar-refractivity contribution in [3.63, 3.8) is 0 Å². The molecule has 1 saturated carbocycles. The van der Waals surface area contributed by atoms with Gasteiger partial charge in [-0.25, -0.2) is 18.7 Å². The van der Waals surface area contributed by atoms with Gasteiger partial charge in [-0.1, -0.05) is 6.07 Å². The van der Waals surface area contributed by atoms with Crippen LogP contribution in [0.15, 0.2) is 29.2 Å². The van der Waals surface area contributed by atoms with Gasteiger partial charge in [-0.3, -0.25) is 9.00 Å². The Kier molecular flexibility index (Phi) is 5.85. The fourth-order valence-corrected chi connectivity index (χ4v) is 4.94. The van der Waals surface area contributed by atoms with Crippen molar-refractivity contribution in [1.29, 1.82) is 0 Å². The van der Waals surface area contributed by atoms with Crippen molar-refractivity contribution in [1.82, 2.24) is 15.0 Å². The predicted octanol–water partition coefficient (Wildman–Crippen LogP) is 4.58. The predicted molar refractivity (Wildman–Crippen MR) is 125 cm³/mol. The molecule has 2 fully saturated rings. The van der Waals surface area contributed by atoms with Gasteiger partial charge in [-0.2, -0.15) is 0 Å². The molecular weight excluding hydrogens is 464 g/mol. The van der Waals surface area contributed by atoms with E-state index < -0.39 is 35.0 Å². The zero-order chi connectivity index (χ0) is 24.0. The maximum Gasteiger partial charge on any atom is 0.260 e. The first-order chi connectivity index (χ1) is 16.2. The van der Waals surface area contributed by atoms with Crippen LogP contribution in [0.2, 0.25) is 0 Å². The molecule has 3 N–H and O–H groups in total. The molecule has 1 aliphatic carbocycles. The number of ether oxygens (including phenoxy) is 1. The lowest BCUT2D eigenvalue weighted by atomic mass is 10.0. The zero-order valence-corrected chi connectivity index (χ0v) is 19.6. The Morgan fingerprint density at radius 1 is 1.24 bits per heavy atom. The Labute approximate surface area is 197 Å². The Morgan fingerprint density at radius 3 is 2.71 bits per heavy atom. The number of benzene rings is 1. The standard InChI is InChI=1S/C23H25F2N5O3S/c1-12-26-20-16(10-19(29-21(20)27-12)30-22(31)14-11-23(14,24)25)28-15-7-6-13(9-18(15)34(2)32)17-5-3-4-8-33-17/h6-7,9-10,14,17H,3-5,8,11H2,1-2H3,(H3,26,27,28,29,30,31)/t14?,17-,34?/m1/s1. The van der Waals surface area contributed by atoms with Gasteiger partial charge in [0, 0.05) is 25.3 Å². The van der Waals surface area contributed by atoms with Gasteiger partial charge >= 0.3 is 0 Å². The summed E-state index contributed by atoms with van der Waals surface area (Å²) in [7, 11) is -1.29. The van der Waals surface area contributed by atoms with Crippen molar-refractivity contribution < 1.29 is 22.5 Å². The second-order valence-electron chi connectivity index (χ2n) is 8.77. The molecule has 3 heterocycles. The molecule has 3 atom stereocenters. The minimum absolute atomic E-state index is 0.0182. The summed E-state index contributed by atoms with van der Waals surface area (Å²) in [4.78, 5) is 24.5. The fourth-order valence-electron chi connectivity index (χ4n) is 4.21. The lowest BCUT2D eigenvalue weighted by Gasteiger charge is -2.24. The van der Waals surface area contributed by atoms with Crippen LogP contribution in [0.3, 0.4) is 0 Å². The molecule has 0 bridgehead atoms. The van der Waals surface area contributed by atoms with Crippen LogP contribution in [0, 0.1) is 12.8 Å². The summed E-state index contributed by atoms with van der Waals surface area (Å²) in [5, 5.41) is 5.75. The molecule has 34 heavy (non-hydrogen) atoms. The van der Waals surface area contributed by atoms with Crippen molar-refractivity contribution >= 4 is 45.1 Å². The van der Waals surface area contributed by atoms with Crippen LogP contribution < -0.4 is 10.6 Å². The Balaban J connectivity index is 1.47. The lowest BCUT2D eigenvalue weighted by molar-refractivity contribution is -0.119. The smallest absolute Gasteiger partial charge is 0.260 e. The molecule has 180 valence electrons. The highest BCUT2D eigenvalue weighted by molar-refractivity contribution is 7.84. The maximum absolute atomic E-state index is 13.3. The number of hydrogen-bond acceptors (Lipinski definition) is 6. The molecule has 3 aromatic rings. The van der Waals surface area contributed by atoms with Crippen LogP contribution in [0.5, 0.6) is 0 Å². The molecule has 8 nitrogen and oxygen atoms in total. The second-order valence-corrected chi connectivity index (χ2v) is 10.1. The molecule has 1 aromatic carbocycles. The quantitative estimate of drug-likeness (QED) is 0.468. The second kappa shape index (κ2) is 8.70. The minimum Gasteiger partial charge on any atom is -0.374 e. The van der Waals surface area contributed by atoms with Crippen LogP contribution in [-0.2, 0) is 20.3 Å². The number of fused-ring (bicyclic) bond motifs is 1. The van der Waals surface area contributed by atoms with E-state index in [-0.39, 0.29) is 11.9 Å². The van der Waals surface area contributed by atoms with E-state index >= 15 is 0 Å². The molecule has 2 aromatic heterocycles. The van der Waals surface area contributed by atoms with Crippen molar-refractivity contribution in [2.75, 3.05) is 23.5 Å². The van der Waals surface area contributed by atoms with Crippen LogP contribution in [0.4, 0.5) is 26.0 Å². The highest BCUT2D eigenvalue weighted by atomic mass is 32.2. The van der Waals surface area contributed by atoms with E-state index in [9.17, 15) is 17.8 Å². The summed E-state index contributed by atoms with van der Waals surface area (Å²) in [6.07, 6.45) is 4.18. The number of imidazole rings is 1. The number of carbonyl (C=O) groups excluding carboxylic acids is 1. The van der Waals surface area contributed by atoms with Crippen molar-refractivity contribution in [2.45, 2.75) is 49.5 Å². The van der Waals surface area contributed by atoms with Gasteiger partial charge in [0.25, 0.3) is 5.92 Å². The van der Waals surface area contributed by atoms with Gasteiger partial charge in [0.05, 0.1) is 33.2 Å². The number of nitrogens with one attached hydrogen (secondary N) is 3. The summed E-state index contributed by atoms with van der Waals surface area (Å²) in [6, 6.07) is 7.24. The number of carbonyl (C=O) groups is 1. The summed E-state index contributed by atoms with van der Waals surface area (Å²) >= 11 is 0. The lowest BCUT2D eigenvalue weighted by Crippen LogP contribution is -2.18. The summed E-state index contributed by atoms with van der Waals surface area (Å²) in [5.74, 6) is -4.37. The summed E-state index contributed by atoms with van der Waals surface area (Å²) in [6.45, 7) is 2.48. The van der Waals surface area contributed by atoms with Crippen molar-refractivity contribution in [3.05, 3.63) is 35.7 Å². The number of aryl methyl sites for hydroxylation is 1. The number of hydrogen-bond donors (Lipinski definition) is 3. The molecule has 5 rings (SSSR count). The normalized spacial score (nSPS) is 22.4. The number of amides is 1. The van der Waals surface area contributed by atoms with E-state index in [1.54, 1.807) is 19.2 Å². The molecule has 1 amide bonds. The fraction of sp³-hybridized carbons (Fsp3) is 0.435. The number of alkyl halides is 2. The Morgan fingerprint density at radius 2 is 2.03 bits per heavy atom. The number of rotatable bonds is 6. The molecule has 1 aliphatic heterocycles. The number of halogens is 2. The van der Waals surface area contributed by atoms with E-state index in [0.29, 0.717) is 39.9 Å². The molecule has 0 radical (unpaired) electrons. The monoisotopic (exact) mass is 489 g/mol. The van der Waals surface area contributed by atoms with E-state index in [1.165, 1.54) is 0 Å². The van der Waals surface area contributed by atoms with Crippen LogP contribution in [0.1, 0.15) is 43.2 Å². The van der Waals surface area contributed by atoms with Gasteiger partial charge in [0.1, 0.15) is 23.1 Å². The van der Waals surface area contributed by atoms with Crippen LogP contribution >= 0.6 is 0 Å². The van der Waals surface area contributed by atoms with E-state index in [1.807, 2.05) is 18.2 Å². The molecular formula is C23H25F2N5O3S. The molecule has 2 unspecified atom stereocenters. The van der Waals surface area contributed by atoms with Gasteiger partial charge in [-0.05, 0) is 43.9 Å². The number of pyridine rings is 1. The van der Waals surface area contributed by atoms with Crippen LogP contribution in [0.25, 0.3) is 11.2 Å². The molecule has 0 spiro atoms. The number of nitrogens with zero attached hydrogens (tertiary/aromatic N) is 2. The largest absolute Gasteiger partial charge is 0.374 e. The third-order valence-electron chi connectivity index (χ3n) is 6.11. The molecule has 11 heteroatoms.